The second kappa shape index (κ2) is 20.4. The first-order chi connectivity index (χ1) is 27.9. The number of carbonyl (C=O) groups excluding carboxylic acids is 2. The average molecular weight is 898 g/mol. The fourth-order valence-corrected chi connectivity index (χ4v) is 7.68. The minimum absolute atomic E-state index is 0.676. The number of carboxylic acids is 1. The van der Waals surface area contributed by atoms with E-state index < -0.39 is 183 Å². The minimum atomic E-state index is -5.54. The van der Waals surface area contributed by atoms with Crippen LogP contribution < -0.4 is 10.6 Å². The van der Waals surface area contributed by atoms with E-state index in [0.29, 0.717) is 0 Å². The van der Waals surface area contributed by atoms with Crippen molar-refractivity contribution in [3.8, 4) is 0 Å². The molecule has 7 unspecified atom stereocenters. The molecule has 60 heavy (non-hydrogen) atoms. The normalized spacial score (nSPS) is 43.7. The van der Waals surface area contributed by atoms with E-state index >= 15 is 0 Å². The van der Waals surface area contributed by atoms with E-state index in [4.69, 9.17) is 33.2 Å². The topological polar surface area (TPSA) is 429 Å². The Balaban J connectivity index is 1.77. The lowest BCUT2D eigenvalue weighted by Crippen LogP contribution is -2.71. The number of hydrogen-bond donors (Lipinski definition) is 13. The van der Waals surface area contributed by atoms with Crippen molar-refractivity contribution in [1.82, 2.24) is 10.6 Å². The summed E-state index contributed by atoms with van der Waals surface area (Å²) in [5.41, 5.74) is 0. The molecule has 27 nitrogen and oxygen atoms in total. The van der Waals surface area contributed by atoms with Crippen molar-refractivity contribution in [2.45, 2.75) is 162 Å². The van der Waals surface area contributed by atoms with Gasteiger partial charge in [0.1, 0.15) is 79.4 Å². The van der Waals surface area contributed by atoms with Gasteiger partial charge in [0.05, 0.1) is 50.2 Å². The Morgan fingerprint density at radius 1 is 0.783 bits per heavy atom. The predicted molar refractivity (Wildman–Crippen MR) is 185 cm³/mol. The van der Waals surface area contributed by atoms with Crippen LogP contribution in [0.3, 0.4) is 0 Å². The smallest absolute Gasteiger partial charge is 0.364 e. The van der Waals surface area contributed by atoms with Crippen LogP contribution in [0.25, 0.3) is 0 Å². The van der Waals surface area contributed by atoms with Crippen LogP contribution in [-0.2, 0) is 62.1 Å². The van der Waals surface area contributed by atoms with E-state index in [2.05, 4.69) is 14.8 Å². The molecular formula is C32H53N2O25S-. The Kier molecular flexibility index (Phi) is 17.1. The van der Waals surface area contributed by atoms with E-state index in [-0.39, 0.29) is 0 Å². The molecule has 21 atom stereocenters. The minimum Gasteiger partial charge on any atom is -0.726 e. The van der Waals surface area contributed by atoms with Crippen LogP contribution in [0, 0.1) is 0 Å². The van der Waals surface area contributed by atoms with Gasteiger partial charge < -0.3 is 105 Å². The van der Waals surface area contributed by atoms with Crippen LogP contribution in [0.1, 0.15) is 34.1 Å². The summed E-state index contributed by atoms with van der Waals surface area (Å²) in [6, 6.07) is -2.95. The maximum atomic E-state index is 13.0. The van der Waals surface area contributed by atoms with E-state index in [1.54, 1.807) is 0 Å². The van der Waals surface area contributed by atoms with E-state index in [1.165, 1.54) is 13.8 Å². The molecular weight excluding hydrogens is 844 g/mol. The number of aliphatic hydroxyl groups excluding tert-OH is 10. The third kappa shape index (κ3) is 11.4. The number of nitrogens with one attached hydrogen (secondary N) is 2. The van der Waals surface area contributed by atoms with Gasteiger partial charge in [0.15, 0.2) is 12.6 Å². The number of rotatable bonds is 16. The quantitative estimate of drug-likeness (QED) is 0.0505. The molecule has 4 aliphatic heterocycles. The Hall–Kier alpha value is -2.40. The molecule has 0 aromatic rings. The molecule has 28 heteroatoms. The third-order valence-corrected chi connectivity index (χ3v) is 10.8. The highest BCUT2D eigenvalue weighted by atomic mass is 32.3. The summed E-state index contributed by atoms with van der Waals surface area (Å²) >= 11 is 0. The number of ether oxygens (including phenoxy) is 7. The zero-order chi connectivity index (χ0) is 45.2. The molecule has 4 fully saturated rings. The number of carboxylic acid groups (broad SMARTS) is 1. The van der Waals surface area contributed by atoms with Crippen molar-refractivity contribution >= 4 is 28.2 Å². The summed E-state index contributed by atoms with van der Waals surface area (Å²) in [6.45, 7) is 1.46. The summed E-state index contributed by atoms with van der Waals surface area (Å²) < 4.78 is 79.0. The van der Waals surface area contributed by atoms with Crippen molar-refractivity contribution in [2.75, 3.05) is 19.8 Å². The first-order valence-corrected chi connectivity index (χ1v) is 19.9. The van der Waals surface area contributed by atoms with E-state index in [0.717, 1.165) is 13.8 Å². The van der Waals surface area contributed by atoms with Crippen molar-refractivity contribution in [3.63, 3.8) is 0 Å². The molecule has 4 aliphatic rings. The molecule has 0 radical (unpaired) electrons. The predicted octanol–water partition coefficient (Wildman–Crippen LogP) is -8.67. The van der Waals surface area contributed by atoms with Crippen LogP contribution >= 0.6 is 0 Å². The zero-order valence-electron chi connectivity index (χ0n) is 32.4. The second-order valence-electron chi connectivity index (χ2n) is 14.8. The highest BCUT2D eigenvalue weighted by Crippen LogP contribution is 2.39. The van der Waals surface area contributed by atoms with Gasteiger partial charge in [-0.2, -0.15) is 0 Å². The average Bonchev–Trinajstić information content (AvgIpc) is 3.16. The van der Waals surface area contributed by atoms with Crippen molar-refractivity contribution < 1.29 is 121 Å². The number of hydrogen-bond acceptors (Lipinski definition) is 24. The van der Waals surface area contributed by atoms with Crippen LogP contribution in [-0.4, -0.2) is 235 Å². The van der Waals surface area contributed by atoms with Gasteiger partial charge >= 0.3 is 5.97 Å². The molecule has 0 spiro atoms. The van der Waals surface area contributed by atoms with Crippen LogP contribution in [0.15, 0.2) is 0 Å². The molecule has 2 amide bonds. The maximum Gasteiger partial charge on any atom is 0.364 e. The molecule has 4 saturated heterocycles. The van der Waals surface area contributed by atoms with Gasteiger partial charge in [0.25, 0.3) is 5.79 Å². The Labute approximate surface area is 341 Å². The van der Waals surface area contributed by atoms with Crippen LogP contribution in [0.5, 0.6) is 0 Å². The van der Waals surface area contributed by atoms with Crippen molar-refractivity contribution in [1.29, 1.82) is 0 Å². The lowest BCUT2D eigenvalue weighted by molar-refractivity contribution is -0.385. The summed E-state index contributed by atoms with van der Waals surface area (Å²) in [5.74, 6) is -6.85. The number of aliphatic hydroxyl groups is 10. The van der Waals surface area contributed by atoms with Crippen molar-refractivity contribution in [3.05, 3.63) is 0 Å². The Morgan fingerprint density at radius 3 is 1.92 bits per heavy atom. The fourth-order valence-electron chi connectivity index (χ4n) is 7.38. The lowest BCUT2D eigenvalue weighted by Gasteiger charge is -2.51. The van der Waals surface area contributed by atoms with Gasteiger partial charge in [0.2, 0.25) is 22.2 Å². The Morgan fingerprint density at radius 2 is 1.37 bits per heavy atom. The molecule has 348 valence electrons. The van der Waals surface area contributed by atoms with Gasteiger partial charge in [0, 0.05) is 20.3 Å². The van der Waals surface area contributed by atoms with Crippen LogP contribution in [0.2, 0.25) is 0 Å². The van der Waals surface area contributed by atoms with Gasteiger partial charge in [-0.15, -0.1) is 0 Å². The van der Waals surface area contributed by atoms with Gasteiger partial charge in [-0.1, -0.05) is 0 Å². The van der Waals surface area contributed by atoms with Crippen molar-refractivity contribution in [2.24, 2.45) is 0 Å². The largest absolute Gasteiger partial charge is 0.726 e. The van der Waals surface area contributed by atoms with Gasteiger partial charge in [-0.05, 0) is 13.8 Å². The Bertz CT molecular complexity index is 1580. The summed E-state index contributed by atoms with van der Waals surface area (Å²) in [7, 11) is -5.54. The SMILES string of the molecule is CC(=O)NC1[C@H](C)OC(CO)[C@H](O[C@@H]2OC(COS(=O)(=O)[O-])[C@H](O)[C@H](O[C@]3(C(=O)O)C[C@H](O)[C@@H](NC(C)=O)C([C@H](O)[C@H](O)CO)O3)C2O)[C@@H]1O[C@@H]1OC(C)[C@H](O)[C@H](O)C1O. The molecule has 4 heterocycles. The lowest BCUT2D eigenvalue weighted by atomic mass is 9.88. The highest BCUT2D eigenvalue weighted by molar-refractivity contribution is 7.80. The summed E-state index contributed by atoms with van der Waals surface area (Å²) in [6.07, 6.45) is -35.4. The first-order valence-electron chi connectivity index (χ1n) is 18.5. The second-order valence-corrected chi connectivity index (χ2v) is 15.9. The summed E-state index contributed by atoms with van der Waals surface area (Å²) in [5, 5.41) is 122. The number of amides is 2. The monoisotopic (exact) mass is 897 g/mol. The first kappa shape index (κ1) is 50.2. The molecule has 0 aromatic carbocycles. The highest BCUT2D eigenvalue weighted by Gasteiger charge is 2.60. The number of aliphatic carboxylic acids is 1. The van der Waals surface area contributed by atoms with Gasteiger partial charge in [-0.3, -0.25) is 13.8 Å². The van der Waals surface area contributed by atoms with Crippen LogP contribution in [0.4, 0.5) is 0 Å². The molecule has 4 rings (SSSR count). The fraction of sp³-hybridized carbons (Fsp3) is 0.906. The third-order valence-electron chi connectivity index (χ3n) is 10.4. The molecule has 13 N–H and O–H groups in total. The summed E-state index contributed by atoms with van der Waals surface area (Å²) in [4.78, 5) is 37.3. The maximum absolute atomic E-state index is 13.0. The van der Waals surface area contributed by atoms with Gasteiger partial charge in [-0.25, -0.2) is 13.2 Å². The zero-order valence-corrected chi connectivity index (χ0v) is 33.2. The number of carbonyl (C=O) groups is 3. The molecule has 0 bridgehead atoms. The molecule has 0 aromatic heterocycles. The van der Waals surface area contributed by atoms with E-state index in [1.807, 2.05) is 0 Å². The van der Waals surface area contributed by atoms with E-state index in [9.17, 15) is 83.5 Å². The standard InChI is InChI=1S/C32H54N2O25S/c1-9-17(33-11(3)37)27(57-29-23(45)22(44)19(41)10(2)54-29)25(15(7-36)53-9)56-30-24(46)28(21(43)16(55-30)8-52-60(49,50)51)59-32(31(47)48)5-13(39)18(34-12(4)38)26(58-32)20(42)14(40)6-35/h9-10,13-30,35-36,39-46H,5-8H2,1-4H3,(H,33,37)(H,34,38)(H,47,48)(H,49,50,51)/p-1/t9-,10?,13-,14+,15?,16?,17?,18+,19-,20+,21-,22-,23?,24?,25-,26?,27+,28-,29-,30-,32-/m0/s1. The molecule has 0 saturated carbocycles. The molecule has 0 aliphatic carbocycles.